The first-order valence-electron chi connectivity index (χ1n) is 11.0. The Balaban J connectivity index is 1.50. The molecule has 0 saturated carbocycles. The minimum Gasteiger partial charge on any atom is -0.445 e. The molecule has 0 aliphatic heterocycles. The topological polar surface area (TPSA) is 74.4 Å². The van der Waals surface area contributed by atoms with Crippen molar-refractivity contribution in [3.63, 3.8) is 0 Å². The zero-order chi connectivity index (χ0) is 23.9. The van der Waals surface area contributed by atoms with Crippen LogP contribution >= 0.6 is 0 Å². The van der Waals surface area contributed by atoms with Crippen LogP contribution in [0.1, 0.15) is 16.7 Å². The van der Waals surface area contributed by atoms with Gasteiger partial charge in [-0.3, -0.25) is 4.79 Å². The molecule has 1 aromatic heterocycles. The second kappa shape index (κ2) is 10.7. The molecule has 3 aromatic carbocycles. The van der Waals surface area contributed by atoms with Crippen LogP contribution in [0.2, 0.25) is 0 Å². The molecule has 7 heteroatoms. The second-order valence-electron chi connectivity index (χ2n) is 8.15. The quantitative estimate of drug-likeness (QED) is 0.397. The minimum absolute atomic E-state index is 0.0970. The van der Waals surface area contributed by atoms with Gasteiger partial charge in [-0.25, -0.2) is 9.18 Å². The van der Waals surface area contributed by atoms with E-state index in [1.807, 2.05) is 60.8 Å². The van der Waals surface area contributed by atoms with E-state index < -0.39 is 12.1 Å². The summed E-state index contributed by atoms with van der Waals surface area (Å²) in [6.07, 6.45) is 1.44. The molecule has 2 N–H and O–H groups in total. The van der Waals surface area contributed by atoms with Crippen molar-refractivity contribution in [1.82, 2.24) is 15.2 Å². The molecule has 0 bridgehead atoms. The SMILES string of the molecule is CN(Cc1cccc(F)c1)C(=O)[C@H](Cc1c[nH]c2ccccc12)NC(=O)OCc1ccccc1. The van der Waals surface area contributed by atoms with E-state index in [0.29, 0.717) is 5.56 Å². The van der Waals surface area contributed by atoms with E-state index in [1.54, 1.807) is 19.2 Å². The highest BCUT2D eigenvalue weighted by molar-refractivity contribution is 5.88. The Labute approximate surface area is 197 Å². The third-order valence-corrected chi connectivity index (χ3v) is 5.59. The van der Waals surface area contributed by atoms with Crippen LogP contribution < -0.4 is 5.32 Å². The summed E-state index contributed by atoms with van der Waals surface area (Å²) in [7, 11) is 1.63. The van der Waals surface area contributed by atoms with Gasteiger partial charge in [-0.2, -0.15) is 0 Å². The number of ether oxygens (including phenoxy) is 1. The lowest BCUT2D eigenvalue weighted by atomic mass is 10.0. The summed E-state index contributed by atoms with van der Waals surface area (Å²) in [6, 6.07) is 22.3. The molecule has 0 fully saturated rings. The molecule has 0 unspecified atom stereocenters. The molecule has 0 radical (unpaired) electrons. The molecule has 2 amide bonds. The van der Waals surface area contributed by atoms with E-state index in [1.165, 1.54) is 17.0 Å². The Kier molecular flexibility index (Phi) is 7.22. The van der Waals surface area contributed by atoms with Crippen molar-refractivity contribution in [3.05, 3.63) is 108 Å². The number of para-hydroxylation sites is 1. The Bertz CT molecular complexity index is 1270. The molecule has 4 rings (SSSR count). The molecule has 6 nitrogen and oxygen atoms in total. The number of halogens is 1. The number of carbonyl (C=O) groups is 2. The summed E-state index contributed by atoms with van der Waals surface area (Å²) in [5, 5.41) is 3.71. The third kappa shape index (κ3) is 5.81. The van der Waals surface area contributed by atoms with Gasteiger partial charge in [0.1, 0.15) is 18.5 Å². The number of fused-ring (bicyclic) bond motifs is 1. The Morgan fingerprint density at radius 1 is 1.00 bits per heavy atom. The standard InChI is InChI=1S/C27H26FN3O3/c1-31(17-20-10-7-11-22(28)14-20)26(32)25(15-21-16-29-24-13-6-5-12-23(21)24)30-27(33)34-18-19-8-3-2-4-9-19/h2-14,16,25,29H,15,17-18H2,1H3,(H,30,33)/t25-/m0/s1. The largest absolute Gasteiger partial charge is 0.445 e. The number of H-pyrrole nitrogens is 1. The monoisotopic (exact) mass is 459 g/mol. The molecule has 34 heavy (non-hydrogen) atoms. The predicted molar refractivity (Wildman–Crippen MR) is 128 cm³/mol. The molecular weight excluding hydrogens is 433 g/mol. The van der Waals surface area contributed by atoms with Gasteiger partial charge in [0.15, 0.2) is 0 Å². The maximum absolute atomic E-state index is 13.6. The minimum atomic E-state index is -0.860. The molecule has 4 aromatic rings. The van der Waals surface area contributed by atoms with Crippen molar-refractivity contribution >= 4 is 22.9 Å². The number of aromatic amines is 1. The number of hydrogen-bond acceptors (Lipinski definition) is 3. The van der Waals surface area contributed by atoms with E-state index in [4.69, 9.17) is 4.74 Å². The number of carbonyl (C=O) groups excluding carboxylic acids is 2. The summed E-state index contributed by atoms with van der Waals surface area (Å²) >= 11 is 0. The van der Waals surface area contributed by atoms with Crippen LogP contribution in [0.5, 0.6) is 0 Å². The number of nitrogens with one attached hydrogen (secondary N) is 2. The van der Waals surface area contributed by atoms with Crippen molar-refractivity contribution < 1.29 is 18.7 Å². The summed E-state index contributed by atoms with van der Waals surface area (Å²) in [6.45, 7) is 0.307. The molecule has 0 aliphatic carbocycles. The van der Waals surface area contributed by atoms with Crippen molar-refractivity contribution in [2.24, 2.45) is 0 Å². The van der Waals surface area contributed by atoms with Crippen LogP contribution in [-0.2, 0) is 29.1 Å². The molecule has 1 heterocycles. The smallest absolute Gasteiger partial charge is 0.408 e. The van der Waals surface area contributed by atoms with Gasteiger partial charge in [-0.15, -0.1) is 0 Å². The van der Waals surface area contributed by atoms with Crippen molar-refractivity contribution in [1.29, 1.82) is 0 Å². The summed E-state index contributed by atoms with van der Waals surface area (Å²) in [4.78, 5) is 30.6. The Morgan fingerprint density at radius 3 is 2.53 bits per heavy atom. The number of benzene rings is 3. The normalized spacial score (nSPS) is 11.7. The van der Waals surface area contributed by atoms with Gasteiger partial charge in [-0.05, 0) is 34.9 Å². The summed E-state index contributed by atoms with van der Waals surface area (Å²) in [5.41, 5.74) is 3.36. The number of hydrogen-bond donors (Lipinski definition) is 2. The highest BCUT2D eigenvalue weighted by Crippen LogP contribution is 2.20. The number of likely N-dealkylation sites (N-methyl/N-ethyl adjacent to an activating group) is 1. The van der Waals surface area contributed by atoms with Crippen molar-refractivity contribution in [2.75, 3.05) is 7.05 Å². The molecule has 1 atom stereocenters. The Morgan fingerprint density at radius 2 is 1.74 bits per heavy atom. The van der Waals surface area contributed by atoms with Gasteiger partial charge in [0, 0.05) is 37.1 Å². The second-order valence-corrected chi connectivity index (χ2v) is 8.15. The highest BCUT2D eigenvalue weighted by atomic mass is 19.1. The van der Waals surface area contributed by atoms with Gasteiger partial charge in [0.2, 0.25) is 5.91 Å². The predicted octanol–water partition coefficient (Wildman–Crippen LogP) is 4.80. The average Bonchev–Trinajstić information content (AvgIpc) is 3.25. The maximum atomic E-state index is 13.6. The lowest BCUT2D eigenvalue weighted by Gasteiger charge is -2.24. The van der Waals surface area contributed by atoms with Gasteiger partial charge < -0.3 is 19.9 Å². The van der Waals surface area contributed by atoms with E-state index in [0.717, 1.165) is 22.0 Å². The number of alkyl carbamates (subject to hydrolysis) is 1. The lowest BCUT2D eigenvalue weighted by Crippen LogP contribution is -2.48. The zero-order valence-corrected chi connectivity index (χ0v) is 18.8. The molecule has 0 aliphatic rings. The van der Waals surface area contributed by atoms with Gasteiger partial charge in [0.25, 0.3) is 0 Å². The zero-order valence-electron chi connectivity index (χ0n) is 18.8. The van der Waals surface area contributed by atoms with Crippen LogP contribution in [0.3, 0.4) is 0 Å². The van der Waals surface area contributed by atoms with Crippen LogP contribution in [0.4, 0.5) is 9.18 Å². The van der Waals surface area contributed by atoms with E-state index >= 15 is 0 Å². The van der Waals surface area contributed by atoms with Crippen LogP contribution in [0.25, 0.3) is 10.9 Å². The van der Waals surface area contributed by atoms with E-state index in [-0.39, 0.29) is 31.3 Å². The third-order valence-electron chi connectivity index (χ3n) is 5.59. The lowest BCUT2D eigenvalue weighted by molar-refractivity contribution is -0.132. The Hall–Kier alpha value is -4.13. The highest BCUT2D eigenvalue weighted by Gasteiger charge is 2.26. The van der Waals surface area contributed by atoms with Crippen molar-refractivity contribution in [3.8, 4) is 0 Å². The first-order valence-corrected chi connectivity index (χ1v) is 11.0. The molecule has 0 saturated heterocycles. The average molecular weight is 460 g/mol. The number of nitrogens with zero attached hydrogens (tertiary/aromatic N) is 1. The summed E-state index contributed by atoms with van der Waals surface area (Å²) in [5.74, 6) is -0.664. The van der Waals surface area contributed by atoms with Gasteiger partial charge >= 0.3 is 6.09 Å². The molecular formula is C27H26FN3O3. The van der Waals surface area contributed by atoms with Gasteiger partial charge in [-0.1, -0.05) is 60.7 Å². The van der Waals surface area contributed by atoms with E-state index in [2.05, 4.69) is 10.3 Å². The fraction of sp³-hybridized carbons (Fsp3) is 0.185. The first kappa shape index (κ1) is 23.0. The van der Waals surface area contributed by atoms with Crippen LogP contribution in [0, 0.1) is 5.82 Å². The van der Waals surface area contributed by atoms with Gasteiger partial charge in [0.05, 0.1) is 0 Å². The molecule has 0 spiro atoms. The van der Waals surface area contributed by atoms with Crippen LogP contribution in [-0.4, -0.2) is 35.0 Å². The molecule has 174 valence electrons. The van der Waals surface area contributed by atoms with Crippen LogP contribution in [0.15, 0.2) is 85.1 Å². The summed E-state index contributed by atoms with van der Waals surface area (Å²) < 4.78 is 18.9. The number of amides is 2. The number of rotatable bonds is 8. The van der Waals surface area contributed by atoms with Crippen molar-refractivity contribution in [2.45, 2.75) is 25.6 Å². The fourth-order valence-electron chi connectivity index (χ4n) is 3.88. The number of aromatic nitrogens is 1. The first-order chi connectivity index (χ1) is 16.5. The van der Waals surface area contributed by atoms with E-state index in [9.17, 15) is 14.0 Å². The fourth-order valence-corrected chi connectivity index (χ4v) is 3.88. The maximum Gasteiger partial charge on any atom is 0.408 e.